The third kappa shape index (κ3) is 4.00. The fourth-order valence-electron chi connectivity index (χ4n) is 2.70. The fraction of sp³-hybridized carbons (Fsp3) is 0.211. The largest absolute Gasteiger partial charge is 0.507 e. The maximum Gasteiger partial charge on any atom is 0.342 e. The number of para-hydroxylation sites is 1. The minimum absolute atomic E-state index is 0.0000618. The number of phenols is 1. The Morgan fingerprint density at radius 2 is 1.85 bits per heavy atom. The van der Waals surface area contributed by atoms with E-state index >= 15 is 0 Å². The third-order valence-corrected chi connectivity index (χ3v) is 3.99. The SMILES string of the molecule is O=C(COC(=O)c1ccccc1O)Nc1ccc(N2CCCC2=O)cc1. The molecule has 1 aliphatic heterocycles. The molecular weight excluding hydrogens is 336 g/mol. The van der Waals surface area contributed by atoms with Gasteiger partial charge in [-0.25, -0.2) is 4.79 Å². The second kappa shape index (κ2) is 7.69. The first-order valence-corrected chi connectivity index (χ1v) is 8.20. The lowest BCUT2D eigenvalue weighted by Gasteiger charge is -2.16. The minimum atomic E-state index is -0.777. The van der Waals surface area contributed by atoms with Crippen molar-refractivity contribution in [3.05, 3.63) is 54.1 Å². The summed E-state index contributed by atoms with van der Waals surface area (Å²) >= 11 is 0. The second-order valence-corrected chi connectivity index (χ2v) is 5.84. The summed E-state index contributed by atoms with van der Waals surface area (Å²) in [5.74, 6) is -1.39. The first-order chi connectivity index (χ1) is 12.5. The number of carbonyl (C=O) groups is 3. The highest BCUT2D eigenvalue weighted by Crippen LogP contribution is 2.23. The van der Waals surface area contributed by atoms with Crippen molar-refractivity contribution in [1.29, 1.82) is 0 Å². The summed E-state index contributed by atoms with van der Waals surface area (Å²) < 4.78 is 4.90. The molecule has 0 aromatic heterocycles. The number of amides is 2. The van der Waals surface area contributed by atoms with Crippen molar-refractivity contribution in [3.63, 3.8) is 0 Å². The number of esters is 1. The molecule has 0 aliphatic carbocycles. The normalized spacial score (nSPS) is 13.5. The van der Waals surface area contributed by atoms with E-state index in [0.29, 0.717) is 18.7 Å². The Balaban J connectivity index is 1.52. The molecule has 0 atom stereocenters. The first kappa shape index (κ1) is 17.5. The highest BCUT2D eigenvalue weighted by Gasteiger charge is 2.21. The molecule has 0 spiro atoms. The number of hydrogen-bond donors (Lipinski definition) is 2. The molecule has 7 nitrogen and oxygen atoms in total. The Morgan fingerprint density at radius 1 is 1.12 bits per heavy atom. The molecule has 26 heavy (non-hydrogen) atoms. The molecule has 0 unspecified atom stereocenters. The molecule has 1 saturated heterocycles. The maximum atomic E-state index is 11.9. The Labute approximate surface area is 150 Å². The molecule has 134 valence electrons. The van der Waals surface area contributed by atoms with Crippen molar-refractivity contribution in [3.8, 4) is 5.75 Å². The number of nitrogens with zero attached hydrogens (tertiary/aromatic N) is 1. The van der Waals surface area contributed by atoms with E-state index < -0.39 is 18.5 Å². The second-order valence-electron chi connectivity index (χ2n) is 5.84. The number of hydrogen-bond acceptors (Lipinski definition) is 5. The van der Waals surface area contributed by atoms with Gasteiger partial charge in [0.15, 0.2) is 6.61 Å². The van der Waals surface area contributed by atoms with Crippen LogP contribution in [0.3, 0.4) is 0 Å². The zero-order valence-corrected chi connectivity index (χ0v) is 14.0. The lowest BCUT2D eigenvalue weighted by atomic mass is 10.2. The van der Waals surface area contributed by atoms with Gasteiger partial charge in [-0.3, -0.25) is 9.59 Å². The monoisotopic (exact) mass is 354 g/mol. The summed E-state index contributed by atoms with van der Waals surface area (Å²) in [7, 11) is 0. The third-order valence-electron chi connectivity index (χ3n) is 3.99. The van der Waals surface area contributed by atoms with E-state index in [4.69, 9.17) is 4.74 Å². The lowest BCUT2D eigenvalue weighted by Crippen LogP contribution is -2.23. The number of aromatic hydroxyl groups is 1. The number of ether oxygens (including phenoxy) is 1. The van der Waals surface area contributed by atoms with Crippen LogP contribution in [-0.2, 0) is 14.3 Å². The van der Waals surface area contributed by atoms with E-state index in [0.717, 1.165) is 12.1 Å². The molecule has 2 amide bonds. The molecule has 2 aromatic carbocycles. The van der Waals surface area contributed by atoms with Gasteiger partial charge < -0.3 is 20.1 Å². The summed E-state index contributed by atoms with van der Waals surface area (Å²) in [4.78, 5) is 37.2. The van der Waals surface area contributed by atoms with Crippen molar-refractivity contribution in [1.82, 2.24) is 0 Å². The van der Waals surface area contributed by atoms with Gasteiger partial charge in [-0.05, 0) is 42.8 Å². The van der Waals surface area contributed by atoms with E-state index in [1.54, 1.807) is 41.3 Å². The quantitative estimate of drug-likeness (QED) is 0.804. The smallest absolute Gasteiger partial charge is 0.342 e. The van der Waals surface area contributed by atoms with Gasteiger partial charge >= 0.3 is 5.97 Å². The topological polar surface area (TPSA) is 95.9 Å². The molecule has 1 fully saturated rings. The van der Waals surface area contributed by atoms with Crippen LogP contribution in [0.2, 0.25) is 0 Å². The number of carbonyl (C=O) groups excluding carboxylic acids is 3. The predicted octanol–water partition coefficient (Wildman–Crippen LogP) is 2.31. The summed E-state index contributed by atoms with van der Waals surface area (Å²) in [5, 5.41) is 12.2. The molecule has 1 aliphatic rings. The highest BCUT2D eigenvalue weighted by atomic mass is 16.5. The minimum Gasteiger partial charge on any atom is -0.507 e. The van der Waals surface area contributed by atoms with Crippen molar-refractivity contribution in [2.45, 2.75) is 12.8 Å². The van der Waals surface area contributed by atoms with E-state index in [-0.39, 0.29) is 17.2 Å². The van der Waals surface area contributed by atoms with Gasteiger partial charge in [0.2, 0.25) is 5.91 Å². The summed E-state index contributed by atoms with van der Waals surface area (Å²) in [5.41, 5.74) is 1.32. The molecule has 0 bridgehead atoms. The summed E-state index contributed by atoms with van der Waals surface area (Å²) in [6.45, 7) is 0.229. The number of anilines is 2. The molecule has 0 saturated carbocycles. The average molecular weight is 354 g/mol. The van der Waals surface area contributed by atoms with Crippen LogP contribution in [0.1, 0.15) is 23.2 Å². The van der Waals surface area contributed by atoms with Crippen LogP contribution in [0, 0.1) is 0 Å². The molecule has 2 aromatic rings. The van der Waals surface area contributed by atoms with Crippen molar-refractivity contribution < 1.29 is 24.2 Å². The lowest BCUT2D eigenvalue weighted by molar-refractivity contribution is -0.119. The van der Waals surface area contributed by atoms with Gasteiger partial charge in [-0.15, -0.1) is 0 Å². The first-order valence-electron chi connectivity index (χ1n) is 8.20. The standard InChI is InChI=1S/C19H18N2O5/c22-16-5-2-1-4-15(16)19(25)26-12-17(23)20-13-7-9-14(10-8-13)21-11-3-6-18(21)24/h1-2,4-5,7-10,22H,3,6,11-12H2,(H,20,23). The zero-order chi connectivity index (χ0) is 18.5. The van der Waals surface area contributed by atoms with E-state index in [2.05, 4.69) is 5.32 Å². The van der Waals surface area contributed by atoms with Crippen LogP contribution in [0.25, 0.3) is 0 Å². The van der Waals surface area contributed by atoms with E-state index in [9.17, 15) is 19.5 Å². The van der Waals surface area contributed by atoms with Crippen LogP contribution in [0.5, 0.6) is 5.75 Å². The number of phenolic OH excluding ortho intramolecular Hbond substituents is 1. The maximum absolute atomic E-state index is 11.9. The Morgan fingerprint density at radius 3 is 2.50 bits per heavy atom. The van der Waals surface area contributed by atoms with Gasteiger partial charge in [0, 0.05) is 24.3 Å². The molecular formula is C19H18N2O5. The predicted molar refractivity (Wildman–Crippen MR) is 95.0 cm³/mol. The average Bonchev–Trinajstić information content (AvgIpc) is 3.07. The zero-order valence-electron chi connectivity index (χ0n) is 14.0. The number of nitrogens with one attached hydrogen (secondary N) is 1. The van der Waals surface area contributed by atoms with Gasteiger partial charge in [0.05, 0.1) is 0 Å². The fourth-order valence-corrected chi connectivity index (χ4v) is 2.70. The Hall–Kier alpha value is -3.35. The molecule has 1 heterocycles. The van der Waals surface area contributed by atoms with Crippen LogP contribution in [0.15, 0.2) is 48.5 Å². The van der Waals surface area contributed by atoms with E-state index in [1.165, 1.54) is 12.1 Å². The van der Waals surface area contributed by atoms with Crippen molar-refractivity contribution >= 4 is 29.2 Å². The van der Waals surface area contributed by atoms with Gasteiger partial charge in [0.1, 0.15) is 11.3 Å². The number of rotatable bonds is 5. The van der Waals surface area contributed by atoms with Gasteiger partial charge in [-0.2, -0.15) is 0 Å². The Kier molecular flexibility index (Phi) is 5.17. The van der Waals surface area contributed by atoms with Crippen molar-refractivity contribution in [2.75, 3.05) is 23.4 Å². The Bertz CT molecular complexity index is 832. The van der Waals surface area contributed by atoms with Crippen molar-refractivity contribution in [2.24, 2.45) is 0 Å². The molecule has 3 rings (SSSR count). The number of benzene rings is 2. The van der Waals surface area contributed by atoms with Crippen LogP contribution >= 0.6 is 0 Å². The van der Waals surface area contributed by atoms with Crippen LogP contribution in [0.4, 0.5) is 11.4 Å². The molecule has 0 radical (unpaired) electrons. The van der Waals surface area contributed by atoms with Crippen LogP contribution < -0.4 is 10.2 Å². The van der Waals surface area contributed by atoms with E-state index in [1.807, 2.05) is 0 Å². The molecule has 7 heteroatoms. The van der Waals surface area contributed by atoms with Gasteiger partial charge in [-0.1, -0.05) is 12.1 Å². The van der Waals surface area contributed by atoms with Gasteiger partial charge in [0.25, 0.3) is 5.91 Å². The van der Waals surface area contributed by atoms with Crippen LogP contribution in [-0.4, -0.2) is 36.0 Å². The molecule has 2 N–H and O–H groups in total. The summed E-state index contributed by atoms with van der Waals surface area (Å²) in [6, 6.07) is 12.8. The highest BCUT2D eigenvalue weighted by molar-refractivity contribution is 5.97. The summed E-state index contributed by atoms with van der Waals surface area (Å²) in [6.07, 6.45) is 1.40.